The van der Waals surface area contributed by atoms with Crippen molar-refractivity contribution >= 4 is 11.6 Å². The molecule has 1 amide bonds. The van der Waals surface area contributed by atoms with Crippen molar-refractivity contribution in [2.75, 3.05) is 25.5 Å². The number of hydrogen-bond acceptors (Lipinski definition) is 4. The fraction of sp³-hybridized carbons (Fsp3) is 0.562. The van der Waals surface area contributed by atoms with Crippen LogP contribution in [0.4, 0.5) is 5.69 Å². The molecule has 1 saturated carbocycles. The molecule has 21 heavy (non-hydrogen) atoms. The van der Waals surface area contributed by atoms with Gasteiger partial charge in [-0.3, -0.25) is 4.79 Å². The van der Waals surface area contributed by atoms with Crippen molar-refractivity contribution in [3.8, 4) is 5.75 Å². The molecule has 0 radical (unpaired) electrons. The topological polar surface area (TPSA) is 75.8 Å². The SMILES string of the molecule is Nc1ccc(OCC(=O)N(CCO)C2CCCCC2)cc1. The zero-order valence-corrected chi connectivity index (χ0v) is 12.3. The summed E-state index contributed by atoms with van der Waals surface area (Å²) < 4.78 is 5.51. The van der Waals surface area contributed by atoms with E-state index in [1.54, 1.807) is 29.2 Å². The van der Waals surface area contributed by atoms with Crippen molar-refractivity contribution < 1.29 is 14.6 Å². The molecule has 1 fully saturated rings. The van der Waals surface area contributed by atoms with Crippen molar-refractivity contribution in [2.24, 2.45) is 0 Å². The summed E-state index contributed by atoms with van der Waals surface area (Å²) >= 11 is 0. The third kappa shape index (κ3) is 4.63. The fourth-order valence-corrected chi connectivity index (χ4v) is 2.80. The van der Waals surface area contributed by atoms with Crippen LogP contribution >= 0.6 is 0 Å². The molecule has 0 heterocycles. The first-order valence-corrected chi connectivity index (χ1v) is 7.59. The fourth-order valence-electron chi connectivity index (χ4n) is 2.80. The molecule has 5 nitrogen and oxygen atoms in total. The van der Waals surface area contributed by atoms with E-state index < -0.39 is 0 Å². The van der Waals surface area contributed by atoms with Crippen molar-refractivity contribution in [2.45, 2.75) is 38.1 Å². The molecule has 0 saturated heterocycles. The second kappa shape index (κ2) is 7.88. The molecule has 1 aliphatic rings. The van der Waals surface area contributed by atoms with E-state index in [4.69, 9.17) is 10.5 Å². The number of nitrogen functional groups attached to an aromatic ring is 1. The van der Waals surface area contributed by atoms with Gasteiger partial charge >= 0.3 is 0 Å². The van der Waals surface area contributed by atoms with Gasteiger partial charge in [-0.05, 0) is 37.1 Å². The number of amides is 1. The summed E-state index contributed by atoms with van der Waals surface area (Å²) in [7, 11) is 0. The lowest BCUT2D eigenvalue weighted by molar-refractivity contribution is -0.137. The van der Waals surface area contributed by atoms with Crippen LogP contribution in [0.3, 0.4) is 0 Å². The highest BCUT2D eigenvalue weighted by Gasteiger charge is 2.25. The lowest BCUT2D eigenvalue weighted by Gasteiger charge is -2.34. The summed E-state index contributed by atoms with van der Waals surface area (Å²) in [6, 6.07) is 7.23. The summed E-state index contributed by atoms with van der Waals surface area (Å²) in [6.07, 6.45) is 5.58. The van der Waals surface area contributed by atoms with E-state index in [0.29, 0.717) is 18.0 Å². The van der Waals surface area contributed by atoms with Crippen molar-refractivity contribution in [1.82, 2.24) is 4.90 Å². The smallest absolute Gasteiger partial charge is 0.260 e. The van der Waals surface area contributed by atoms with E-state index in [2.05, 4.69) is 0 Å². The maximum atomic E-state index is 12.3. The highest BCUT2D eigenvalue weighted by molar-refractivity contribution is 5.78. The zero-order valence-electron chi connectivity index (χ0n) is 12.3. The number of rotatable bonds is 6. The Hall–Kier alpha value is -1.75. The quantitative estimate of drug-likeness (QED) is 0.784. The number of benzene rings is 1. The number of aliphatic hydroxyl groups is 1. The standard InChI is InChI=1S/C16H24N2O3/c17-13-6-8-15(9-7-13)21-12-16(20)18(10-11-19)14-4-2-1-3-5-14/h6-9,14,19H,1-5,10-12,17H2. The number of anilines is 1. The summed E-state index contributed by atoms with van der Waals surface area (Å²) in [5.41, 5.74) is 6.27. The van der Waals surface area contributed by atoms with Gasteiger partial charge in [-0.2, -0.15) is 0 Å². The van der Waals surface area contributed by atoms with Gasteiger partial charge in [-0.25, -0.2) is 0 Å². The van der Waals surface area contributed by atoms with Gasteiger partial charge in [0, 0.05) is 18.3 Å². The molecule has 0 bridgehead atoms. The van der Waals surface area contributed by atoms with Gasteiger partial charge in [0.1, 0.15) is 5.75 Å². The minimum Gasteiger partial charge on any atom is -0.484 e. The highest BCUT2D eigenvalue weighted by Crippen LogP contribution is 2.22. The van der Waals surface area contributed by atoms with Crippen LogP contribution in [0.15, 0.2) is 24.3 Å². The maximum Gasteiger partial charge on any atom is 0.260 e. The van der Waals surface area contributed by atoms with Crippen LogP contribution < -0.4 is 10.5 Å². The molecule has 1 aliphatic carbocycles. The van der Waals surface area contributed by atoms with E-state index in [9.17, 15) is 9.90 Å². The molecule has 3 N–H and O–H groups in total. The van der Waals surface area contributed by atoms with Crippen LogP contribution in [0.2, 0.25) is 0 Å². The predicted molar refractivity (Wildman–Crippen MR) is 82.0 cm³/mol. The molecule has 116 valence electrons. The minimum absolute atomic E-state index is 0.000415. The second-order valence-corrected chi connectivity index (χ2v) is 5.46. The summed E-state index contributed by atoms with van der Waals surface area (Å²) in [6.45, 7) is 0.374. The Morgan fingerprint density at radius 3 is 2.52 bits per heavy atom. The molecule has 0 spiro atoms. The average molecular weight is 292 g/mol. The highest BCUT2D eigenvalue weighted by atomic mass is 16.5. The number of carbonyl (C=O) groups excluding carboxylic acids is 1. The number of hydrogen-bond donors (Lipinski definition) is 2. The summed E-state index contributed by atoms with van der Waals surface area (Å²) in [5.74, 6) is 0.568. The van der Waals surface area contributed by atoms with Crippen LogP contribution in [-0.4, -0.2) is 41.7 Å². The van der Waals surface area contributed by atoms with Crippen LogP contribution in [0, 0.1) is 0 Å². The largest absolute Gasteiger partial charge is 0.484 e. The predicted octanol–water partition coefficient (Wildman–Crippen LogP) is 1.80. The van der Waals surface area contributed by atoms with Crippen LogP contribution in [0.25, 0.3) is 0 Å². The van der Waals surface area contributed by atoms with Gasteiger partial charge in [-0.15, -0.1) is 0 Å². The number of carbonyl (C=O) groups is 1. The Kier molecular flexibility index (Phi) is 5.87. The normalized spacial score (nSPS) is 15.7. The third-order valence-corrected chi connectivity index (χ3v) is 3.92. The molecule has 0 aliphatic heterocycles. The van der Waals surface area contributed by atoms with Gasteiger partial charge in [0.2, 0.25) is 0 Å². The van der Waals surface area contributed by atoms with Gasteiger partial charge in [-0.1, -0.05) is 19.3 Å². The van der Waals surface area contributed by atoms with Crippen molar-refractivity contribution in [3.05, 3.63) is 24.3 Å². The van der Waals surface area contributed by atoms with Crippen LogP contribution in [-0.2, 0) is 4.79 Å². The first-order valence-electron chi connectivity index (χ1n) is 7.59. The van der Waals surface area contributed by atoms with Crippen LogP contribution in [0.5, 0.6) is 5.75 Å². The zero-order chi connectivity index (χ0) is 15.1. The first-order chi connectivity index (χ1) is 10.2. The van der Waals surface area contributed by atoms with E-state index in [0.717, 1.165) is 25.7 Å². The van der Waals surface area contributed by atoms with Gasteiger partial charge in [0.15, 0.2) is 6.61 Å². The first kappa shape index (κ1) is 15.6. The Morgan fingerprint density at radius 2 is 1.90 bits per heavy atom. The maximum absolute atomic E-state index is 12.3. The van der Waals surface area contributed by atoms with Crippen LogP contribution in [0.1, 0.15) is 32.1 Å². The number of ether oxygens (including phenoxy) is 1. The van der Waals surface area contributed by atoms with Crippen molar-refractivity contribution in [1.29, 1.82) is 0 Å². The molecule has 2 rings (SSSR count). The molecule has 1 aromatic rings. The molecular weight excluding hydrogens is 268 g/mol. The lowest BCUT2D eigenvalue weighted by Crippen LogP contribution is -2.45. The molecule has 5 heteroatoms. The van der Waals surface area contributed by atoms with E-state index in [1.807, 2.05) is 0 Å². The summed E-state index contributed by atoms with van der Waals surface area (Å²) in [5, 5.41) is 9.18. The Balaban J connectivity index is 1.89. The number of aliphatic hydroxyl groups excluding tert-OH is 1. The average Bonchev–Trinajstić information content (AvgIpc) is 2.52. The monoisotopic (exact) mass is 292 g/mol. The second-order valence-electron chi connectivity index (χ2n) is 5.46. The van der Waals surface area contributed by atoms with Gasteiger partial charge in [0.25, 0.3) is 5.91 Å². The van der Waals surface area contributed by atoms with E-state index in [-0.39, 0.29) is 25.2 Å². The third-order valence-electron chi connectivity index (χ3n) is 3.92. The molecule has 0 unspecified atom stereocenters. The van der Waals surface area contributed by atoms with Crippen molar-refractivity contribution in [3.63, 3.8) is 0 Å². The Labute approximate surface area is 125 Å². The number of nitrogens with zero attached hydrogens (tertiary/aromatic N) is 1. The Bertz CT molecular complexity index is 441. The minimum atomic E-state index is -0.0622. The molecule has 0 aromatic heterocycles. The summed E-state index contributed by atoms with van der Waals surface area (Å²) in [4.78, 5) is 14.1. The Morgan fingerprint density at radius 1 is 1.24 bits per heavy atom. The number of nitrogens with two attached hydrogens (primary N) is 1. The van der Waals surface area contributed by atoms with Gasteiger partial charge < -0.3 is 20.5 Å². The lowest BCUT2D eigenvalue weighted by atomic mass is 9.94. The molecular formula is C16H24N2O3. The van der Waals surface area contributed by atoms with E-state index in [1.165, 1.54) is 6.42 Å². The molecule has 1 aromatic carbocycles. The molecule has 0 atom stereocenters. The van der Waals surface area contributed by atoms with E-state index >= 15 is 0 Å². The van der Waals surface area contributed by atoms with Gasteiger partial charge in [0.05, 0.1) is 6.61 Å².